The Bertz CT molecular complexity index is 165. The van der Waals surface area contributed by atoms with Gasteiger partial charge < -0.3 is 0 Å². The molecular formula is C8H10O2. The van der Waals surface area contributed by atoms with E-state index in [0.717, 1.165) is 25.7 Å². The lowest BCUT2D eigenvalue weighted by molar-refractivity contribution is -0.147. The van der Waals surface area contributed by atoms with E-state index in [2.05, 4.69) is 0 Å². The van der Waals surface area contributed by atoms with Crippen LogP contribution in [0.15, 0.2) is 0 Å². The number of Topliss-reactive ketones (excluding diaryl/α,β-unsaturated/α-hetero) is 2. The van der Waals surface area contributed by atoms with Gasteiger partial charge in [0.1, 0.15) is 0 Å². The van der Waals surface area contributed by atoms with E-state index in [1.807, 2.05) is 0 Å². The molecule has 0 amide bonds. The van der Waals surface area contributed by atoms with Gasteiger partial charge in [-0.2, -0.15) is 0 Å². The van der Waals surface area contributed by atoms with Gasteiger partial charge in [0.25, 0.3) is 0 Å². The average molecular weight is 138 g/mol. The van der Waals surface area contributed by atoms with Gasteiger partial charge in [0.15, 0.2) is 0 Å². The third-order valence-corrected chi connectivity index (χ3v) is 2.71. The summed E-state index contributed by atoms with van der Waals surface area (Å²) in [6, 6.07) is 0. The van der Waals surface area contributed by atoms with Gasteiger partial charge in [-0.15, -0.1) is 0 Å². The van der Waals surface area contributed by atoms with Crippen LogP contribution in [-0.4, -0.2) is 11.6 Å². The number of fused-ring (bicyclic) bond motifs is 3. The first-order valence-corrected chi connectivity index (χ1v) is 3.87. The lowest BCUT2D eigenvalue weighted by atomic mass is 9.69. The van der Waals surface area contributed by atoms with Gasteiger partial charge in [-0.3, -0.25) is 9.59 Å². The molecule has 10 heavy (non-hydrogen) atoms. The quantitative estimate of drug-likeness (QED) is 0.467. The fourth-order valence-corrected chi connectivity index (χ4v) is 2.02. The zero-order valence-electron chi connectivity index (χ0n) is 5.80. The maximum absolute atomic E-state index is 11.0. The van der Waals surface area contributed by atoms with Crippen molar-refractivity contribution in [1.29, 1.82) is 0 Å². The van der Waals surface area contributed by atoms with Crippen LogP contribution >= 0.6 is 0 Å². The molecule has 3 saturated carbocycles. The highest BCUT2D eigenvalue weighted by molar-refractivity contribution is 6.39. The van der Waals surface area contributed by atoms with E-state index in [0.29, 0.717) is 0 Å². The summed E-state index contributed by atoms with van der Waals surface area (Å²) in [6.07, 6.45) is 3.87. The Morgan fingerprint density at radius 1 is 0.800 bits per heavy atom. The molecule has 0 radical (unpaired) electrons. The SMILES string of the molecule is O=C1C(=O)C2CCC1CC2. The molecule has 54 valence electrons. The molecule has 3 fully saturated rings. The Kier molecular flexibility index (Phi) is 1.16. The minimum absolute atomic E-state index is 0.0810. The third-order valence-electron chi connectivity index (χ3n) is 2.71. The molecule has 0 heterocycles. The minimum atomic E-state index is -0.0810. The third kappa shape index (κ3) is 0.648. The Morgan fingerprint density at radius 3 is 1.30 bits per heavy atom. The smallest absolute Gasteiger partial charge is 0.201 e. The molecule has 0 unspecified atom stereocenters. The number of hydrogen-bond donors (Lipinski definition) is 0. The van der Waals surface area contributed by atoms with Crippen LogP contribution in [0.2, 0.25) is 0 Å². The second kappa shape index (κ2) is 1.91. The maximum atomic E-state index is 11.0. The van der Waals surface area contributed by atoms with Crippen molar-refractivity contribution in [3.8, 4) is 0 Å². The number of hydrogen-bond acceptors (Lipinski definition) is 2. The van der Waals surface area contributed by atoms with Crippen LogP contribution < -0.4 is 0 Å². The average Bonchev–Trinajstić information content (AvgIpc) is 2.00. The number of rotatable bonds is 0. The largest absolute Gasteiger partial charge is 0.291 e. The van der Waals surface area contributed by atoms with Crippen LogP contribution in [0.3, 0.4) is 0 Å². The lowest BCUT2D eigenvalue weighted by Gasteiger charge is -2.32. The van der Waals surface area contributed by atoms with Crippen molar-refractivity contribution in [3.05, 3.63) is 0 Å². The lowest BCUT2D eigenvalue weighted by Crippen LogP contribution is -2.40. The molecule has 0 aromatic rings. The van der Waals surface area contributed by atoms with E-state index < -0.39 is 0 Å². The molecule has 0 aliphatic heterocycles. The van der Waals surface area contributed by atoms with E-state index in [1.165, 1.54) is 0 Å². The van der Waals surface area contributed by atoms with Crippen LogP contribution in [-0.2, 0) is 9.59 Å². The first kappa shape index (κ1) is 6.08. The normalized spacial score (nSPS) is 38.8. The molecule has 0 saturated heterocycles. The highest BCUT2D eigenvalue weighted by Gasteiger charge is 2.41. The molecule has 2 nitrogen and oxygen atoms in total. The highest BCUT2D eigenvalue weighted by Crippen LogP contribution is 2.36. The Balaban J connectivity index is 2.28. The van der Waals surface area contributed by atoms with Gasteiger partial charge in [-0.25, -0.2) is 0 Å². The van der Waals surface area contributed by atoms with Crippen LogP contribution in [0.25, 0.3) is 0 Å². The van der Waals surface area contributed by atoms with Crippen LogP contribution in [0.1, 0.15) is 25.7 Å². The molecule has 0 N–H and O–H groups in total. The number of ketones is 2. The molecule has 0 aromatic heterocycles. The second-order valence-corrected chi connectivity index (χ2v) is 3.28. The predicted molar refractivity (Wildman–Crippen MR) is 35.5 cm³/mol. The zero-order chi connectivity index (χ0) is 7.14. The summed E-state index contributed by atoms with van der Waals surface area (Å²) in [5.74, 6) is 0.0556. The van der Waals surface area contributed by atoms with Gasteiger partial charge >= 0.3 is 0 Å². The van der Waals surface area contributed by atoms with Crippen LogP contribution in [0.4, 0.5) is 0 Å². The summed E-state index contributed by atoms with van der Waals surface area (Å²) in [5, 5.41) is 0. The van der Waals surface area contributed by atoms with Crippen molar-refractivity contribution in [1.82, 2.24) is 0 Å². The first-order valence-electron chi connectivity index (χ1n) is 3.87. The minimum Gasteiger partial charge on any atom is -0.291 e. The van der Waals surface area contributed by atoms with E-state index in [1.54, 1.807) is 0 Å². The standard InChI is InChI=1S/C8H10O2/c9-7-5-1-2-6(4-3-5)8(7)10/h5-6H,1-4H2. The number of carbonyl (C=O) groups excluding carboxylic acids is 2. The summed E-state index contributed by atoms with van der Waals surface area (Å²) in [7, 11) is 0. The Hall–Kier alpha value is -0.660. The molecule has 0 aromatic carbocycles. The van der Waals surface area contributed by atoms with Crippen LogP contribution in [0.5, 0.6) is 0 Å². The summed E-state index contributed by atoms with van der Waals surface area (Å²) in [4.78, 5) is 22.1. The van der Waals surface area contributed by atoms with E-state index >= 15 is 0 Å². The molecule has 0 atom stereocenters. The van der Waals surface area contributed by atoms with Crippen molar-refractivity contribution in [2.45, 2.75) is 25.7 Å². The second-order valence-electron chi connectivity index (χ2n) is 3.28. The Morgan fingerprint density at radius 2 is 1.10 bits per heavy atom. The van der Waals surface area contributed by atoms with Crippen molar-refractivity contribution in [2.24, 2.45) is 11.8 Å². The molecular weight excluding hydrogens is 128 g/mol. The van der Waals surface area contributed by atoms with E-state index in [-0.39, 0.29) is 23.4 Å². The van der Waals surface area contributed by atoms with Gasteiger partial charge in [0, 0.05) is 11.8 Å². The summed E-state index contributed by atoms with van der Waals surface area (Å²) in [6.45, 7) is 0. The molecule has 2 bridgehead atoms. The monoisotopic (exact) mass is 138 g/mol. The molecule has 2 heteroatoms. The summed E-state index contributed by atoms with van der Waals surface area (Å²) < 4.78 is 0. The topological polar surface area (TPSA) is 34.1 Å². The summed E-state index contributed by atoms with van der Waals surface area (Å²) in [5.41, 5.74) is 0. The fraction of sp³-hybridized carbons (Fsp3) is 0.750. The molecule has 3 aliphatic carbocycles. The summed E-state index contributed by atoms with van der Waals surface area (Å²) >= 11 is 0. The Labute approximate surface area is 59.6 Å². The van der Waals surface area contributed by atoms with E-state index in [4.69, 9.17) is 0 Å². The van der Waals surface area contributed by atoms with Crippen molar-refractivity contribution >= 4 is 11.6 Å². The van der Waals surface area contributed by atoms with Crippen molar-refractivity contribution in [3.63, 3.8) is 0 Å². The van der Waals surface area contributed by atoms with Crippen LogP contribution in [0, 0.1) is 11.8 Å². The van der Waals surface area contributed by atoms with Gasteiger partial charge in [-0.1, -0.05) is 0 Å². The first-order chi connectivity index (χ1) is 4.79. The molecule has 0 spiro atoms. The zero-order valence-corrected chi connectivity index (χ0v) is 5.80. The van der Waals surface area contributed by atoms with Crippen molar-refractivity contribution in [2.75, 3.05) is 0 Å². The molecule has 3 rings (SSSR count). The van der Waals surface area contributed by atoms with Crippen molar-refractivity contribution < 1.29 is 9.59 Å². The fourth-order valence-electron chi connectivity index (χ4n) is 2.02. The predicted octanol–water partition coefficient (Wildman–Crippen LogP) is 0.945. The maximum Gasteiger partial charge on any atom is 0.201 e. The van der Waals surface area contributed by atoms with Gasteiger partial charge in [0.2, 0.25) is 11.6 Å². The molecule has 3 aliphatic rings. The van der Waals surface area contributed by atoms with E-state index in [9.17, 15) is 9.59 Å². The number of carbonyl (C=O) groups is 2. The van der Waals surface area contributed by atoms with Gasteiger partial charge in [0.05, 0.1) is 0 Å². The highest BCUT2D eigenvalue weighted by atomic mass is 16.2. The van der Waals surface area contributed by atoms with Gasteiger partial charge in [-0.05, 0) is 25.7 Å².